The quantitative estimate of drug-likeness (QED) is 0.581. The summed E-state index contributed by atoms with van der Waals surface area (Å²) in [6, 6.07) is 1.77. The molecule has 0 aliphatic rings. The van der Waals surface area contributed by atoms with E-state index in [1.807, 2.05) is 0 Å². The Morgan fingerprint density at radius 2 is 2.38 bits per heavy atom. The van der Waals surface area contributed by atoms with Crippen LogP contribution in [0.5, 0.6) is 0 Å². The molecule has 6 heteroatoms. The first kappa shape index (κ1) is 12.3. The lowest BCUT2D eigenvalue weighted by atomic mass is 10.1. The number of carbonyl (C=O) groups is 2. The van der Waals surface area contributed by atoms with Crippen LogP contribution in [-0.2, 0) is 14.3 Å². The van der Waals surface area contributed by atoms with Gasteiger partial charge < -0.3 is 4.74 Å². The number of aryl methyl sites for hydroxylation is 1. The van der Waals surface area contributed by atoms with Crippen molar-refractivity contribution in [2.45, 2.75) is 19.8 Å². The summed E-state index contributed by atoms with van der Waals surface area (Å²) in [5, 5.41) is 10.9. The van der Waals surface area contributed by atoms with Gasteiger partial charge in [-0.3, -0.25) is 4.79 Å². The van der Waals surface area contributed by atoms with E-state index in [2.05, 4.69) is 9.72 Å². The van der Waals surface area contributed by atoms with Crippen molar-refractivity contribution >= 4 is 23.1 Å². The van der Waals surface area contributed by atoms with Crippen LogP contribution in [0.1, 0.15) is 23.5 Å². The van der Waals surface area contributed by atoms with Crippen LogP contribution >= 0.6 is 11.3 Å². The normalized spacial score (nSPS) is 11.6. The highest BCUT2D eigenvalue weighted by molar-refractivity contribution is 7.10. The van der Waals surface area contributed by atoms with E-state index >= 15 is 0 Å². The van der Waals surface area contributed by atoms with Gasteiger partial charge in [-0.1, -0.05) is 0 Å². The maximum absolute atomic E-state index is 11.5. The Labute approximate surface area is 96.7 Å². The number of esters is 1. The first-order chi connectivity index (χ1) is 7.60. The molecule has 1 unspecified atom stereocenters. The summed E-state index contributed by atoms with van der Waals surface area (Å²) >= 11 is 1.18. The highest BCUT2D eigenvalue weighted by atomic mass is 32.1. The van der Waals surface area contributed by atoms with Gasteiger partial charge in [0.1, 0.15) is 5.01 Å². The van der Waals surface area contributed by atoms with E-state index in [4.69, 9.17) is 5.26 Å². The average Bonchev–Trinajstić information content (AvgIpc) is 2.66. The van der Waals surface area contributed by atoms with Crippen LogP contribution in [0.25, 0.3) is 0 Å². The summed E-state index contributed by atoms with van der Waals surface area (Å²) in [5.74, 6) is -3.00. The second-order valence-electron chi connectivity index (χ2n) is 2.97. The second-order valence-corrected chi connectivity index (χ2v) is 3.86. The van der Waals surface area contributed by atoms with Crippen LogP contribution < -0.4 is 0 Å². The number of nitrogens with zero attached hydrogens (tertiary/aromatic N) is 2. The number of Topliss-reactive ketones (excluding diaryl/α,β-unsaturated/α-hetero) is 1. The molecule has 5 nitrogen and oxygen atoms in total. The topological polar surface area (TPSA) is 80.0 Å². The van der Waals surface area contributed by atoms with Crippen LogP contribution in [0.15, 0.2) is 5.38 Å². The van der Waals surface area contributed by atoms with E-state index in [-0.39, 0.29) is 6.61 Å². The molecule has 0 amide bonds. The van der Waals surface area contributed by atoms with Crippen molar-refractivity contribution in [3.63, 3.8) is 0 Å². The van der Waals surface area contributed by atoms with Gasteiger partial charge in [0.05, 0.1) is 12.7 Å². The van der Waals surface area contributed by atoms with Crippen molar-refractivity contribution in [1.29, 1.82) is 5.26 Å². The van der Waals surface area contributed by atoms with Crippen LogP contribution in [0.4, 0.5) is 0 Å². The molecule has 16 heavy (non-hydrogen) atoms. The first-order valence-electron chi connectivity index (χ1n) is 4.62. The SMILES string of the molecule is CCOC(=O)C(=O)C(C#N)c1nc(C)cs1. The third-order valence-electron chi connectivity index (χ3n) is 1.75. The highest BCUT2D eigenvalue weighted by Crippen LogP contribution is 2.20. The van der Waals surface area contributed by atoms with Crippen molar-refractivity contribution < 1.29 is 14.3 Å². The van der Waals surface area contributed by atoms with Gasteiger partial charge in [0.15, 0.2) is 5.92 Å². The molecule has 0 saturated heterocycles. The van der Waals surface area contributed by atoms with E-state index in [1.165, 1.54) is 11.3 Å². The molecule has 0 spiro atoms. The van der Waals surface area contributed by atoms with E-state index < -0.39 is 17.7 Å². The number of ketones is 1. The molecule has 1 heterocycles. The van der Waals surface area contributed by atoms with E-state index in [9.17, 15) is 9.59 Å². The van der Waals surface area contributed by atoms with Crippen molar-refractivity contribution in [2.75, 3.05) is 6.61 Å². The van der Waals surface area contributed by atoms with Gasteiger partial charge in [-0.05, 0) is 13.8 Å². The molecule has 0 bridgehead atoms. The number of hydrogen-bond acceptors (Lipinski definition) is 6. The predicted octanol–water partition coefficient (Wildman–Crippen LogP) is 1.19. The third-order valence-corrected chi connectivity index (χ3v) is 2.78. The molecule has 0 fully saturated rings. The monoisotopic (exact) mass is 238 g/mol. The number of nitriles is 1. The molecule has 0 aromatic carbocycles. The zero-order valence-electron chi connectivity index (χ0n) is 8.89. The van der Waals surface area contributed by atoms with Crippen molar-refractivity contribution in [1.82, 2.24) is 4.98 Å². The fourth-order valence-electron chi connectivity index (χ4n) is 1.05. The minimum atomic E-state index is -1.15. The Kier molecular flexibility index (Phi) is 4.14. The lowest BCUT2D eigenvalue weighted by Gasteiger charge is -2.03. The summed E-state index contributed by atoms with van der Waals surface area (Å²) in [6.45, 7) is 3.46. The maximum Gasteiger partial charge on any atom is 0.376 e. The minimum Gasteiger partial charge on any atom is -0.460 e. The highest BCUT2D eigenvalue weighted by Gasteiger charge is 2.30. The number of hydrogen-bond donors (Lipinski definition) is 0. The van der Waals surface area contributed by atoms with Gasteiger partial charge in [0, 0.05) is 11.1 Å². The van der Waals surface area contributed by atoms with Crippen molar-refractivity contribution in [3.05, 3.63) is 16.1 Å². The van der Waals surface area contributed by atoms with Crippen LogP contribution in [0.2, 0.25) is 0 Å². The number of thiazole rings is 1. The molecule has 84 valence electrons. The summed E-state index contributed by atoms with van der Waals surface area (Å²) in [5.41, 5.74) is 0.719. The van der Waals surface area contributed by atoms with Crippen molar-refractivity contribution in [3.8, 4) is 6.07 Å². The predicted molar refractivity (Wildman–Crippen MR) is 56.8 cm³/mol. The summed E-state index contributed by atoms with van der Waals surface area (Å²) < 4.78 is 4.55. The van der Waals surface area contributed by atoms with E-state index in [1.54, 1.807) is 25.3 Å². The Balaban J connectivity index is 2.88. The molecular weight excluding hydrogens is 228 g/mol. The molecule has 1 aromatic rings. The molecule has 0 radical (unpaired) electrons. The zero-order chi connectivity index (χ0) is 12.1. The lowest BCUT2D eigenvalue weighted by molar-refractivity contribution is -0.153. The molecule has 1 aromatic heterocycles. The van der Waals surface area contributed by atoms with Crippen LogP contribution in [0.3, 0.4) is 0 Å². The van der Waals surface area contributed by atoms with Gasteiger partial charge >= 0.3 is 5.97 Å². The third kappa shape index (κ3) is 2.64. The van der Waals surface area contributed by atoms with E-state index in [0.717, 1.165) is 5.69 Å². The number of aromatic nitrogens is 1. The first-order valence-corrected chi connectivity index (χ1v) is 5.50. The Morgan fingerprint density at radius 1 is 1.69 bits per heavy atom. The standard InChI is InChI=1S/C10H10N2O3S/c1-3-15-10(14)8(13)7(4-11)9-12-6(2)5-16-9/h5,7H,3H2,1-2H3. The average molecular weight is 238 g/mol. The second kappa shape index (κ2) is 5.37. The zero-order valence-corrected chi connectivity index (χ0v) is 9.71. The van der Waals surface area contributed by atoms with Gasteiger partial charge in [-0.25, -0.2) is 9.78 Å². The fraction of sp³-hybridized carbons (Fsp3) is 0.400. The molecule has 1 atom stereocenters. The molecule has 0 aliphatic heterocycles. The van der Waals surface area contributed by atoms with Crippen LogP contribution in [0, 0.1) is 18.3 Å². The minimum absolute atomic E-state index is 0.111. The number of rotatable bonds is 4. The Bertz CT molecular complexity index is 447. The van der Waals surface area contributed by atoms with Gasteiger partial charge in [-0.2, -0.15) is 5.26 Å². The maximum atomic E-state index is 11.5. The molecule has 1 rings (SSSR count). The van der Waals surface area contributed by atoms with Gasteiger partial charge in [0.2, 0.25) is 0 Å². The summed E-state index contributed by atoms with van der Waals surface area (Å²) in [7, 11) is 0. The number of carbonyl (C=O) groups excluding carboxylic acids is 2. The van der Waals surface area contributed by atoms with Crippen LogP contribution in [-0.4, -0.2) is 23.3 Å². The lowest BCUT2D eigenvalue weighted by Crippen LogP contribution is -2.23. The smallest absolute Gasteiger partial charge is 0.376 e. The largest absolute Gasteiger partial charge is 0.460 e. The fourth-order valence-corrected chi connectivity index (χ4v) is 1.89. The Morgan fingerprint density at radius 3 is 2.81 bits per heavy atom. The molecule has 0 aliphatic carbocycles. The van der Waals surface area contributed by atoms with Gasteiger partial charge in [0.25, 0.3) is 5.78 Å². The van der Waals surface area contributed by atoms with E-state index in [0.29, 0.717) is 5.01 Å². The molecule has 0 N–H and O–H groups in total. The summed E-state index contributed by atoms with van der Waals surface area (Å²) in [6.07, 6.45) is 0. The summed E-state index contributed by atoms with van der Waals surface area (Å²) in [4.78, 5) is 26.7. The molecular formula is C10H10N2O3S. The number of ether oxygens (including phenoxy) is 1. The van der Waals surface area contributed by atoms with Gasteiger partial charge in [-0.15, -0.1) is 11.3 Å². The molecule has 0 saturated carbocycles. The Hall–Kier alpha value is -1.74. The van der Waals surface area contributed by atoms with Crippen molar-refractivity contribution in [2.24, 2.45) is 0 Å².